The minimum absolute atomic E-state index is 0.0884. The second-order valence-corrected chi connectivity index (χ2v) is 6.06. The van der Waals surface area contributed by atoms with Gasteiger partial charge in [-0.2, -0.15) is 0 Å². The molecule has 0 fully saturated rings. The molecule has 0 aliphatic rings. The molecule has 0 spiro atoms. The van der Waals surface area contributed by atoms with Gasteiger partial charge in [0.15, 0.2) is 6.10 Å². The number of rotatable bonds is 11. The van der Waals surface area contributed by atoms with E-state index in [1.54, 1.807) is 18.2 Å². The Hall–Kier alpha value is -1.93. The van der Waals surface area contributed by atoms with E-state index in [1.807, 2.05) is 0 Å². The molecule has 25 heavy (non-hydrogen) atoms. The number of hydrogen-bond donors (Lipinski definition) is 4. The van der Waals surface area contributed by atoms with Gasteiger partial charge in [-0.25, -0.2) is 4.79 Å². The van der Waals surface area contributed by atoms with Crippen LogP contribution < -0.4 is 11.5 Å². The molecule has 1 aromatic carbocycles. The van der Waals surface area contributed by atoms with Crippen LogP contribution in [-0.4, -0.2) is 40.8 Å². The first-order chi connectivity index (χ1) is 11.8. The third-order valence-electron chi connectivity index (χ3n) is 3.78. The molecular weight excluding hydrogens is 348 g/mol. The fourth-order valence-corrected chi connectivity index (χ4v) is 2.72. The summed E-state index contributed by atoms with van der Waals surface area (Å²) in [5.41, 5.74) is 11.6. The number of carboxylic acids is 2. The van der Waals surface area contributed by atoms with Crippen LogP contribution in [0.4, 0.5) is 0 Å². The summed E-state index contributed by atoms with van der Waals surface area (Å²) in [6, 6.07) is 5.24. The molecule has 7 nitrogen and oxygen atoms in total. The minimum atomic E-state index is -1.27. The van der Waals surface area contributed by atoms with Gasteiger partial charge in [0.05, 0.1) is 6.10 Å². The number of halogens is 1. The van der Waals surface area contributed by atoms with E-state index in [-0.39, 0.29) is 18.9 Å². The van der Waals surface area contributed by atoms with Gasteiger partial charge in [0, 0.05) is 5.02 Å². The van der Waals surface area contributed by atoms with Crippen molar-refractivity contribution in [3.63, 3.8) is 0 Å². The summed E-state index contributed by atoms with van der Waals surface area (Å²) in [6.07, 6.45) is -0.0582. The van der Waals surface area contributed by atoms with Crippen molar-refractivity contribution < 1.29 is 24.5 Å². The zero-order valence-electron chi connectivity index (χ0n) is 13.7. The van der Waals surface area contributed by atoms with Crippen molar-refractivity contribution in [1.29, 1.82) is 0 Å². The average molecular weight is 371 g/mol. The van der Waals surface area contributed by atoms with Gasteiger partial charge in [0.2, 0.25) is 0 Å². The Morgan fingerprint density at radius 1 is 1.32 bits per heavy atom. The molecule has 8 heteroatoms. The molecule has 0 heterocycles. The van der Waals surface area contributed by atoms with Crippen LogP contribution in [0.1, 0.15) is 24.5 Å². The Balaban J connectivity index is 3.02. The SMILES string of the molecule is C=CC(OC(C(=O)O)c1cccc(Cl)c1)C(CCN)C[C@H](N)C(=O)O. The minimum Gasteiger partial charge on any atom is -0.480 e. The number of benzene rings is 1. The van der Waals surface area contributed by atoms with Crippen LogP contribution in [0, 0.1) is 5.92 Å². The zero-order chi connectivity index (χ0) is 19.0. The first-order valence-corrected chi connectivity index (χ1v) is 8.12. The van der Waals surface area contributed by atoms with Crippen LogP contribution >= 0.6 is 11.6 Å². The van der Waals surface area contributed by atoms with E-state index in [1.165, 1.54) is 12.1 Å². The number of carboxylic acid groups (broad SMARTS) is 2. The Bertz CT molecular complexity index is 610. The number of aliphatic carboxylic acids is 2. The Kier molecular flexibility index (Phi) is 8.57. The lowest BCUT2D eigenvalue weighted by atomic mass is 9.90. The van der Waals surface area contributed by atoms with Gasteiger partial charge in [0.1, 0.15) is 6.04 Å². The second-order valence-electron chi connectivity index (χ2n) is 5.63. The molecule has 6 N–H and O–H groups in total. The van der Waals surface area contributed by atoms with Gasteiger partial charge < -0.3 is 26.4 Å². The molecule has 0 saturated heterocycles. The van der Waals surface area contributed by atoms with Crippen LogP contribution in [-0.2, 0) is 14.3 Å². The van der Waals surface area contributed by atoms with Crippen molar-refractivity contribution in [3.8, 4) is 0 Å². The highest BCUT2D eigenvalue weighted by atomic mass is 35.5. The normalized spacial score (nSPS) is 15.8. The molecule has 1 aromatic rings. The van der Waals surface area contributed by atoms with Crippen molar-refractivity contribution >= 4 is 23.5 Å². The number of nitrogens with two attached hydrogens (primary N) is 2. The Morgan fingerprint density at radius 2 is 2.00 bits per heavy atom. The summed E-state index contributed by atoms with van der Waals surface area (Å²) in [5.74, 6) is -2.72. The molecule has 0 amide bonds. The lowest BCUT2D eigenvalue weighted by molar-refractivity contribution is -0.155. The van der Waals surface area contributed by atoms with Gasteiger partial charge in [-0.1, -0.05) is 29.8 Å². The van der Waals surface area contributed by atoms with Crippen LogP contribution in [0.25, 0.3) is 0 Å². The van der Waals surface area contributed by atoms with Gasteiger partial charge >= 0.3 is 11.9 Å². The Labute approximate surface area is 151 Å². The summed E-state index contributed by atoms with van der Waals surface area (Å²) >= 11 is 5.91. The standard InChI is InChI=1S/C17H23ClN2O5/c1-2-14(10(6-7-19)9-13(20)16(21)22)25-15(17(23)24)11-4-3-5-12(18)8-11/h2-5,8,10,13-15H,1,6-7,9,19-20H2,(H,21,22)(H,23,24)/t10?,13-,14?,15?/m0/s1. The van der Waals surface area contributed by atoms with Gasteiger partial charge in [-0.15, -0.1) is 6.58 Å². The lowest BCUT2D eigenvalue weighted by Gasteiger charge is -2.28. The van der Waals surface area contributed by atoms with Gasteiger partial charge in [0.25, 0.3) is 0 Å². The van der Waals surface area contributed by atoms with Crippen LogP contribution in [0.5, 0.6) is 0 Å². The molecule has 0 aliphatic carbocycles. The summed E-state index contributed by atoms with van der Waals surface area (Å²) < 4.78 is 5.72. The zero-order valence-corrected chi connectivity index (χ0v) is 14.4. The smallest absolute Gasteiger partial charge is 0.337 e. The van der Waals surface area contributed by atoms with Crippen molar-refractivity contribution in [2.24, 2.45) is 17.4 Å². The summed E-state index contributed by atoms with van der Waals surface area (Å²) in [6.45, 7) is 3.94. The fraction of sp³-hybridized carbons (Fsp3) is 0.412. The molecule has 0 aliphatic heterocycles. The maximum absolute atomic E-state index is 11.6. The average Bonchev–Trinajstić information content (AvgIpc) is 2.55. The highest BCUT2D eigenvalue weighted by Gasteiger charge is 2.30. The van der Waals surface area contributed by atoms with Crippen LogP contribution in [0.3, 0.4) is 0 Å². The molecule has 0 bridgehead atoms. The topological polar surface area (TPSA) is 136 Å². The van der Waals surface area contributed by atoms with Crippen molar-refractivity contribution in [3.05, 3.63) is 47.5 Å². The van der Waals surface area contributed by atoms with Crippen molar-refractivity contribution in [2.45, 2.75) is 31.1 Å². The summed E-state index contributed by atoms with van der Waals surface area (Å²) in [5, 5.41) is 18.9. The Morgan fingerprint density at radius 3 is 2.48 bits per heavy atom. The molecular formula is C17H23ClN2O5. The third-order valence-corrected chi connectivity index (χ3v) is 4.01. The van der Waals surface area contributed by atoms with E-state index in [9.17, 15) is 14.7 Å². The van der Waals surface area contributed by atoms with Crippen molar-refractivity contribution in [2.75, 3.05) is 6.54 Å². The van der Waals surface area contributed by atoms with Gasteiger partial charge in [-0.05, 0) is 43.0 Å². The van der Waals surface area contributed by atoms with E-state index < -0.39 is 30.2 Å². The maximum Gasteiger partial charge on any atom is 0.337 e. The summed E-state index contributed by atoms with van der Waals surface area (Å²) in [4.78, 5) is 22.6. The van der Waals surface area contributed by atoms with Crippen molar-refractivity contribution in [1.82, 2.24) is 0 Å². The van der Waals surface area contributed by atoms with E-state index in [4.69, 9.17) is 32.9 Å². The van der Waals surface area contributed by atoms with E-state index in [0.29, 0.717) is 17.0 Å². The largest absolute Gasteiger partial charge is 0.480 e. The number of ether oxygens (including phenoxy) is 1. The van der Waals surface area contributed by atoms with E-state index in [2.05, 4.69) is 6.58 Å². The molecule has 138 valence electrons. The predicted octanol–water partition coefficient (Wildman–Crippen LogP) is 1.80. The highest BCUT2D eigenvalue weighted by Crippen LogP contribution is 2.28. The molecule has 1 rings (SSSR count). The first kappa shape index (κ1) is 21.1. The van der Waals surface area contributed by atoms with Crippen LogP contribution in [0.2, 0.25) is 5.02 Å². The molecule has 0 radical (unpaired) electrons. The number of carbonyl (C=O) groups is 2. The van der Waals surface area contributed by atoms with Gasteiger partial charge in [-0.3, -0.25) is 4.79 Å². The highest BCUT2D eigenvalue weighted by molar-refractivity contribution is 6.30. The summed E-state index contributed by atoms with van der Waals surface area (Å²) in [7, 11) is 0. The first-order valence-electron chi connectivity index (χ1n) is 7.74. The monoisotopic (exact) mass is 370 g/mol. The second kappa shape index (κ2) is 10.1. The molecule has 0 saturated carbocycles. The van der Waals surface area contributed by atoms with Crippen LogP contribution in [0.15, 0.2) is 36.9 Å². The fourth-order valence-electron chi connectivity index (χ4n) is 2.52. The third kappa shape index (κ3) is 6.47. The lowest BCUT2D eigenvalue weighted by Crippen LogP contribution is -2.37. The molecule has 3 unspecified atom stereocenters. The quantitative estimate of drug-likeness (QED) is 0.436. The number of hydrogen-bond acceptors (Lipinski definition) is 5. The van der Waals surface area contributed by atoms with E-state index >= 15 is 0 Å². The predicted molar refractivity (Wildman–Crippen MR) is 94.3 cm³/mol. The maximum atomic E-state index is 11.6. The van der Waals surface area contributed by atoms with E-state index in [0.717, 1.165) is 0 Å². The molecule has 4 atom stereocenters. The molecule has 0 aromatic heterocycles.